The third-order valence-electron chi connectivity index (χ3n) is 1.83. The van der Waals surface area contributed by atoms with Gasteiger partial charge >= 0.3 is 0 Å². The van der Waals surface area contributed by atoms with Gasteiger partial charge in [-0.15, -0.1) is 0 Å². The summed E-state index contributed by atoms with van der Waals surface area (Å²) >= 11 is 0. The van der Waals surface area contributed by atoms with Crippen molar-refractivity contribution in [2.75, 3.05) is 0 Å². The van der Waals surface area contributed by atoms with Crippen LogP contribution in [0.5, 0.6) is 5.75 Å². The van der Waals surface area contributed by atoms with E-state index in [0.717, 1.165) is 12.0 Å². The highest BCUT2D eigenvalue weighted by atomic mass is 16.6. The number of Topliss-reactive ketones (excluding diaryl/α,β-unsaturated/α-hetero) is 1. The van der Waals surface area contributed by atoms with Crippen LogP contribution in [0.3, 0.4) is 0 Å². The van der Waals surface area contributed by atoms with Crippen LogP contribution >= 0.6 is 0 Å². The molecule has 0 saturated carbocycles. The number of benzene rings is 1. The number of aryl methyl sites for hydroxylation is 1. The molecule has 0 bridgehead atoms. The standard InChI is InChI=1S/C10H13NO2/c1-8(12)2-3-9-4-6-10(13-11)7-5-9/h4-7H,2-3,11H2,1H3. The lowest BCUT2D eigenvalue weighted by Crippen LogP contribution is -2.01. The van der Waals surface area contributed by atoms with E-state index in [9.17, 15) is 4.79 Å². The average molecular weight is 179 g/mol. The SMILES string of the molecule is CC(=O)CCc1ccc(ON)cc1. The van der Waals surface area contributed by atoms with Crippen LogP contribution in [0.15, 0.2) is 24.3 Å². The van der Waals surface area contributed by atoms with Gasteiger partial charge < -0.3 is 9.63 Å². The minimum atomic E-state index is 0.208. The predicted octanol–water partition coefficient (Wildman–Crippen LogP) is 1.46. The zero-order valence-corrected chi connectivity index (χ0v) is 7.62. The van der Waals surface area contributed by atoms with E-state index in [-0.39, 0.29) is 5.78 Å². The molecule has 2 N–H and O–H groups in total. The third kappa shape index (κ3) is 3.25. The second-order valence-corrected chi connectivity index (χ2v) is 2.96. The van der Waals surface area contributed by atoms with Gasteiger partial charge in [-0.1, -0.05) is 12.1 Å². The Kier molecular flexibility index (Phi) is 3.46. The van der Waals surface area contributed by atoms with Gasteiger partial charge in [-0.2, -0.15) is 5.90 Å². The van der Waals surface area contributed by atoms with Crippen molar-refractivity contribution in [2.45, 2.75) is 19.8 Å². The fraction of sp³-hybridized carbons (Fsp3) is 0.300. The van der Waals surface area contributed by atoms with E-state index in [1.807, 2.05) is 12.1 Å². The van der Waals surface area contributed by atoms with E-state index in [1.54, 1.807) is 19.1 Å². The van der Waals surface area contributed by atoms with Crippen molar-refractivity contribution < 1.29 is 9.63 Å². The first kappa shape index (κ1) is 9.74. The molecule has 1 aromatic rings. The van der Waals surface area contributed by atoms with Gasteiger partial charge in [-0.3, -0.25) is 0 Å². The molecular formula is C10H13NO2. The molecule has 1 aromatic carbocycles. The number of hydrogen-bond donors (Lipinski definition) is 1. The molecule has 0 aliphatic rings. The predicted molar refractivity (Wildman–Crippen MR) is 50.3 cm³/mol. The summed E-state index contributed by atoms with van der Waals surface area (Å²) in [4.78, 5) is 15.2. The molecule has 3 heteroatoms. The highest BCUT2D eigenvalue weighted by molar-refractivity contribution is 5.75. The van der Waals surface area contributed by atoms with Crippen LogP contribution in [0.1, 0.15) is 18.9 Å². The fourth-order valence-electron chi connectivity index (χ4n) is 1.06. The van der Waals surface area contributed by atoms with Crippen molar-refractivity contribution in [3.05, 3.63) is 29.8 Å². The minimum absolute atomic E-state index is 0.208. The van der Waals surface area contributed by atoms with Gasteiger partial charge in [-0.05, 0) is 31.0 Å². The molecule has 0 spiro atoms. The monoisotopic (exact) mass is 179 g/mol. The number of rotatable bonds is 4. The van der Waals surface area contributed by atoms with E-state index in [4.69, 9.17) is 5.90 Å². The van der Waals surface area contributed by atoms with Crippen molar-refractivity contribution >= 4 is 5.78 Å². The molecule has 0 unspecified atom stereocenters. The van der Waals surface area contributed by atoms with Crippen molar-refractivity contribution in [1.29, 1.82) is 0 Å². The lowest BCUT2D eigenvalue weighted by Gasteiger charge is -2.00. The maximum absolute atomic E-state index is 10.7. The Morgan fingerprint density at radius 3 is 2.46 bits per heavy atom. The topological polar surface area (TPSA) is 52.3 Å². The Morgan fingerprint density at radius 1 is 1.38 bits per heavy atom. The molecule has 13 heavy (non-hydrogen) atoms. The molecule has 0 fully saturated rings. The van der Waals surface area contributed by atoms with Crippen LogP contribution in [-0.4, -0.2) is 5.78 Å². The van der Waals surface area contributed by atoms with Crippen molar-refractivity contribution in [3.63, 3.8) is 0 Å². The van der Waals surface area contributed by atoms with Gasteiger partial charge in [0.1, 0.15) is 11.5 Å². The smallest absolute Gasteiger partial charge is 0.146 e. The number of carbonyl (C=O) groups is 1. The molecule has 0 atom stereocenters. The first-order chi connectivity index (χ1) is 6.22. The maximum atomic E-state index is 10.7. The highest BCUT2D eigenvalue weighted by Gasteiger charge is 1.97. The Morgan fingerprint density at radius 2 is 2.00 bits per heavy atom. The maximum Gasteiger partial charge on any atom is 0.146 e. The summed E-state index contributed by atoms with van der Waals surface area (Å²) in [7, 11) is 0. The first-order valence-corrected chi connectivity index (χ1v) is 4.17. The molecule has 0 saturated heterocycles. The summed E-state index contributed by atoms with van der Waals surface area (Å²) < 4.78 is 0. The molecule has 3 nitrogen and oxygen atoms in total. The number of ketones is 1. The Labute approximate surface area is 77.5 Å². The summed E-state index contributed by atoms with van der Waals surface area (Å²) in [5.74, 6) is 5.81. The van der Waals surface area contributed by atoms with Crippen molar-refractivity contribution in [2.24, 2.45) is 5.90 Å². The Bertz CT molecular complexity index is 279. The summed E-state index contributed by atoms with van der Waals surface area (Å²) in [6.45, 7) is 1.59. The second kappa shape index (κ2) is 4.62. The number of hydrogen-bond acceptors (Lipinski definition) is 3. The van der Waals surface area contributed by atoms with Crippen LogP contribution in [0.4, 0.5) is 0 Å². The van der Waals surface area contributed by atoms with E-state index >= 15 is 0 Å². The highest BCUT2D eigenvalue weighted by Crippen LogP contribution is 2.11. The van der Waals surface area contributed by atoms with Crippen LogP contribution in [0.25, 0.3) is 0 Å². The number of carbonyl (C=O) groups excluding carboxylic acids is 1. The van der Waals surface area contributed by atoms with Crippen molar-refractivity contribution in [3.8, 4) is 5.75 Å². The van der Waals surface area contributed by atoms with Gasteiger partial charge in [0, 0.05) is 6.42 Å². The zero-order valence-electron chi connectivity index (χ0n) is 7.62. The van der Waals surface area contributed by atoms with E-state index < -0.39 is 0 Å². The van der Waals surface area contributed by atoms with Gasteiger partial charge in [-0.25, -0.2) is 0 Å². The largest absolute Gasteiger partial charge is 0.412 e. The van der Waals surface area contributed by atoms with E-state index in [1.165, 1.54) is 0 Å². The summed E-state index contributed by atoms with van der Waals surface area (Å²) in [6.07, 6.45) is 1.36. The lowest BCUT2D eigenvalue weighted by molar-refractivity contribution is -0.116. The van der Waals surface area contributed by atoms with Gasteiger partial charge in [0.15, 0.2) is 0 Å². The Balaban J connectivity index is 2.54. The quantitative estimate of drug-likeness (QED) is 0.712. The van der Waals surface area contributed by atoms with Gasteiger partial charge in [0.2, 0.25) is 0 Å². The van der Waals surface area contributed by atoms with E-state index in [2.05, 4.69) is 4.84 Å². The van der Waals surface area contributed by atoms with Crippen LogP contribution in [0.2, 0.25) is 0 Å². The molecule has 0 aromatic heterocycles. The number of nitrogens with two attached hydrogens (primary N) is 1. The first-order valence-electron chi connectivity index (χ1n) is 4.17. The summed E-state index contributed by atoms with van der Waals surface area (Å²) in [6, 6.07) is 7.39. The van der Waals surface area contributed by atoms with Gasteiger partial charge in [0.05, 0.1) is 0 Å². The molecule has 0 aliphatic heterocycles. The summed E-state index contributed by atoms with van der Waals surface area (Å²) in [5.41, 5.74) is 1.12. The fourth-order valence-corrected chi connectivity index (χ4v) is 1.06. The lowest BCUT2D eigenvalue weighted by atomic mass is 10.1. The Hall–Kier alpha value is -1.35. The molecule has 0 amide bonds. The van der Waals surface area contributed by atoms with Crippen LogP contribution in [-0.2, 0) is 11.2 Å². The third-order valence-corrected chi connectivity index (χ3v) is 1.83. The molecule has 0 radical (unpaired) electrons. The molecule has 0 aliphatic carbocycles. The van der Waals surface area contributed by atoms with E-state index in [0.29, 0.717) is 12.2 Å². The summed E-state index contributed by atoms with van der Waals surface area (Å²) in [5, 5.41) is 0. The average Bonchev–Trinajstić information content (AvgIpc) is 2.15. The molecular weight excluding hydrogens is 166 g/mol. The molecule has 70 valence electrons. The molecule has 1 rings (SSSR count). The van der Waals surface area contributed by atoms with Crippen LogP contribution in [0, 0.1) is 0 Å². The van der Waals surface area contributed by atoms with Gasteiger partial charge in [0.25, 0.3) is 0 Å². The van der Waals surface area contributed by atoms with Crippen molar-refractivity contribution in [1.82, 2.24) is 0 Å². The van der Waals surface area contributed by atoms with Crippen LogP contribution < -0.4 is 10.7 Å². The second-order valence-electron chi connectivity index (χ2n) is 2.96. The zero-order chi connectivity index (χ0) is 9.68. The minimum Gasteiger partial charge on any atom is -0.412 e. The molecule has 0 heterocycles. The normalized spacial score (nSPS) is 9.69.